The Balaban J connectivity index is 1.91. The van der Waals surface area contributed by atoms with Crippen LogP contribution < -0.4 is 0 Å². The van der Waals surface area contributed by atoms with Gasteiger partial charge in [-0.3, -0.25) is 29.0 Å². The first-order valence-electron chi connectivity index (χ1n) is 16.4. The van der Waals surface area contributed by atoms with Gasteiger partial charge >= 0.3 is 35.8 Å². The van der Waals surface area contributed by atoms with Gasteiger partial charge in [-0.05, 0) is 26.0 Å². The zero-order valence-corrected chi connectivity index (χ0v) is 29.4. The summed E-state index contributed by atoms with van der Waals surface area (Å²) in [5.74, 6) is -9.27. The largest absolute Gasteiger partial charge is 0.465 e. The van der Waals surface area contributed by atoms with Crippen LogP contribution in [0, 0.1) is 17.3 Å². The Kier molecular flexibility index (Phi) is 9.77. The van der Waals surface area contributed by atoms with Gasteiger partial charge in [0, 0.05) is 39.8 Å². The molecule has 3 N–H and O–H groups in total. The minimum Gasteiger partial charge on any atom is -0.465 e. The van der Waals surface area contributed by atoms with Crippen molar-refractivity contribution in [3.05, 3.63) is 29.6 Å². The molecule has 1 spiro atoms. The van der Waals surface area contributed by atoms with Gasteiger partial charge in [0.2, 0.25) is 0 Å². The lowest BCUT2D eigenvalue weighted by atomic mass is 9.45. The summed E-state index contributed by atoms with van der Waals surface area (Å²) in [7, 11) is 0. The molecule has 17 nitrogen and oxygen atoms in total. The first-order valence-corrected chi connectivity index (χ1v) is 16.4. The van der Waals surface area contributed by atoms with Gasteiger partial charge in [0.15, 0.2) is 11.7 Å². The van der Waals surface area contributed by atoms with Crippen molar-refractivity contribution in [3.63, 3.8) is 0 Å². The molecule has 2 saturated carbocycles. The van der Waals surface area contributed by atoms with E-state index in [0.717, 1.165) is 34.6 Å². The second kappa shape index (κ2) is 13.1. The monoisotopic (exact) mass is 721 g/mol. The number of aliphatic hydroxyl groups is 3. The first-order chi connectivity index (χ1) is 23.7. The molecular formula is C34H43NO16. The molecule has 1 saturated heterocycles. The van der Waals surface area contributed by atoms with Gasteiger partial charge in [0.05, 0.1) is 23.1 Å². The number of rotatable bonds is 5. The summed E-state index contributed by atoms with van der Waals surface area (Å²) in [6, 6.07) is 2.92. The number of ether oxygens (including phenoxy) is 7. The Bertz CT molecular complexity index is 1630. The number of cyclic esters (lactones) is 1. The molecule has 3 heterocycles. The number of esters is 6. The SMILES string of the molecule is CC(=O)OC[C@]12[C@H](OC(C)=O)[C@@H](O)[C@@H]3[C@@H](OC(C)=O)[C@@]14O[C@@]3(C)COC(=O)c1cccnc1C(C)C(C)C(=O)O[C@@H]([C@H](O)[C@@H]2OC(C)=O)[C@]4(C)O. The van der Waals surface area contributed by atoms with Crippen LogP contribution in [0.3, 0.4) is 0 Å². The summed E-state index contributed by atoms with van der Waals surface area (Å²) in [5, 5.41) is 37.4. The van der Waals surface area contributed by atoms with Gasteiger partial charge < -0.3 is 48.5 Å². The molecule has 0 aromatic carbocycles. The average Bonchev–Trinajstić information content (AvgIpc) is 3.27. The van der Waals surface area contributed by atoms with Crippen LogP contribution in [0.2, 0.25) is 0 Å². The summed E-state index contributed by atoms with van der Waals surface area (Å²) in [6.07, 6.45) is -10.7. The topological polar surface area (TPSA) is 241 Å². The van der Waals surface area contributed by atoms with Crippen molar-refractivity contribution >= 4 is 35.8 Å². The number of hydrogen-bond donors (Lipinski definition) is 3. The second-order valence-corrected chi connectivity index (χ2v) is 14.2. The molecule has 2 aliphatic heterocycles. The number of aromatic nitrogens is 1. The maximum absolute atomic E-state index is 14.0. The fourth-order valence-corrected chi connectivity index (χ4v) is 8.67. The number of fused-ring (bicyclic) bond motifs is 5. The summed E-state index contributed by atoms with van der Waals surface area (Å²) in [6.45, 7) is 7.86. The van der Waals surface area contributed by atoms with E-state index in [-0.39, 0.29) is 11.3 Å². The van der Waals surface area contributed by atoms with Crippen LogP contribution in [0.15, 0.2) is 18.3 Å². The predicted octanol–water partition coefficient (Wildman–Crippen LogP) is -0.108. The third-order valence-electron chi connectivity index (χ3n) is 10.9. The minimum atomic E-state index is -2.74. The molecule has 280 valence electrons. The van der Waals surface area contributed by atoms with Crippen molar-refractivity contribution in [1.82, 2.24) is 4.98 Å². The number of nitrogens with zero attached hydrogens (tertiary/aromatic N) is 1. The Morgan fingerprint density at radius 1 is 0.882 bits per heavy atom. The quantitative estimate of drug-likeness (QED) is 0.265. The van der Waals surface area contributed by atoms with E-state index in [1.165, 1.54) is 32.2 Å². The highest BCUT2D eigenvalue weighted by atomic mass is 16.7. The third-order valence-corrected chi connectivity index (χ3v) is 10.9. The zero-order valence-electron chi connectivity index (χ0n) is 29.4. The van der Waals surface area contributed by atoms with E-state index in [1.54, 1.807) is 6.92 Å². The van der Waals surface area contributed by atoms with Gasteiger partial charge in [-0.1, -0.05) is 13.8 Å². The van der Waals surface area contributed by atoms with Crippen LogP contribution in [0.25, 0.3) is 0 Å². The Morgan fingerprint density at radius 2 is 1.45 bits per heavy atom. The first kappa shape index (κ1) is 38.1. The molecule has 0 amide bonds. The predicted molar refractivity (Wildman–Crippen MR) is 166 cm³/mol. The van der Waals surface area contributed by atoms with E-state index < -0.39 is 126 Å². The number of carbonyl (C=O) groups is 6. The van der Waals surface area contributed by atoms with Crippen molar-refractivity contribution in [3.8, 4) is 0 Å². The van der Waals surface area contributed by atoms with Crippen LogP contribution in [-0.4, -0.2) is 123 Å². The fourth-order valence-electron chi connectivity index (χ4n) is 8.67. The van der Waals surface area contributed by atoms with E-state index in [4.69, 9.17) is 33.2 Å². The van der Waals surface area contributed by atoms with E-state index in [2.05, 4.69) is 4.98 Å². The van der Waals surface area contributed by atoms with Crippen LogP contribution in [0.4, 0.5) is 0 Å². The van der Waals surface area contributed by atoms with Gasteiger partial charge in [-0.2, -0.15) is 0 Å². The van der Waals surface area contributed by atoms with E-state index in [9.17, 15) is 44.1 Å². The van der Waals surface area contributed by atoms with Crippen LogP contribution in [0.5, 0.6) is 0 Å². The molecule has 0 radical (unpaired) electrons. The maximum atomic E-state index is 14.0. The van der Waals surface area contributed by atoms with Crippen LogP contribution in [-0.2, 0) is 57.1 Å². The lowest BCUT2D eigenvalue weighted by molar-refractivity contribution is -0.386. The highest BCUT2D eigenvalue weighted by Gasteiger charge is 2.90. The van der Waals surface area contributed by atoms with Gasteiger partial charge in [-0.15, -0.1) is 0 Å². The number of aliphatic hydroxyl groups excluding tert-OH is 2. The molecule has 4 aliphatic rings. The molecule has 3 fully saturated rings. The van der Waals surface area contributed by atoms with Crippen molar-refractivity contribution in [2.45, 2.75) is 115 Å². The van der Waals surface area contributed by atoms with Gasteiger partial charge in [0.1, 0.15) is 60.4 Å². The lowest BCUT2D eigenvalue weighted by Gasteiger charge is -2.67. The average molecular weight is 722 g/mol. The molecule has 1 aromatic rings. The third kappa shape index (κ3) is 5.64. The highest BCUT2D eigenvalue weighted by Crippen LogP contribution is 2.69. The van der Waals surface area contributed by atoms with Gasteiger partial charge in [-0.25, -0.2) is 4.79 Å². The molecule has 5 rings (SSSR count). The molecule has 51 heavy (non-hydrogen) atoms. The standard InChI is InChI=1S/C34H43NO16/c1-14-15(2)29(42)50-26-24(41)28(49-19(6)39)33(13-45-16(3)36)27(48-18(5)38)23(40)21-25(47-17(4)37)34(33,32(26,8)44)51-31(21,7)12-46-30(43)20-10-9-11-35-22(14)20/h9-11,14-15,21,23-28,40-41,44H,12-13H2,1-8H3/t14?,15?,21-,23+,24+,25-,26+,27-,28+,31+,32+,33-,34+/m1/s1. The molecule has 17 heteroatoms. The zero-order chi connectivity index (χ0) is 38.0. The van der Waals surface area contributed by atoms with Crippen molar-refractivity contribution in [2.75, 3.05) is 13.2 Å². The minimum absolute atomic E-state index is 0.00864. The molecule has 2 unspecified atom stereocenters. The number of pyridine rings is 1. The van der Waals surface area contributed by atoms with Crippen LogP contribution in [0.1, 0.15) is 77.4 Å². The van der Waals surface area contributed by atoms with Crippen molar-refractivity contribution in [1.29, 1.82) is 0 Å². The molecule has 1 aromatic heterocycles. The number of carbonyl (C=O) groups excluding carboxylic acids is 6. The Morgan fingerprint density at radius 3 is 2.02 bits per heavy atom. The van der Waals surface area contributed by atoms with Crippen LogP contribution >= 0.6 is 0 Å². The molecular weight excluding hydrogens is 678 g/mol. The fraction of sp³-hybridized carbons (Fsp3) is 0.676. The smallest absolute Gasteiger partial charge is 0.340 e. The summed E-state index contributed by atoms with van der Waals surface area (Å²) >= 11 is 0. The van der Waals surface area contributed by atoms with Gasteiger partial charge in [0.25, 0.3) is 0 Å². The Hall–Kier alpha value is -4.19. The molecule has 4 bridgehead atoms. The van der Waals surface area contributed by atoms with Crippen molar-refractivity contribution < 1.29 is 77.2 Å². The summed E-state index contributed by atoms with van der Waals surface area (Å²) in [4.78, 5) is 83.0. The summed E-state index contributed by atoms with van der Waals surface area (Å²) < 4.78 is 41.3. The summed E-state index contributed by atoms with van der Waals surface area (Å²) in [5.41, 5.74) is -9.70. The lowest BCUT2D eigenvalue weighted by Crippen LogP contribution is -2.89. The highest BCUT2D eigenvalue weighted by molar-refractivity contribution is 5.91. The van der Waals surface area contributed by atoms with E-state index in [0.29, 0.717) is 0 Å². The Labute approximate surface area is 292 Å². The number of hydrogen-bond acceptors (Lipinski definition) is 17. The molecule has 2 aliphatic carbocycles. The maximum Gasteiger partial charge on any atom is 0.340 e. The normalized spacial score (nSPS) is 41.6. The van der Waals surface area contributed by atoms with E-state index >= 15 is 0 Å². The van der Waals surface area contributed by atoms with Crippen molar-refractivity contribution in [2.24, 2.45) is 17.3 Å². The second-order valence-electron chi connectivity index (χ2n) is 14.2. The van der Waals surface area contributed by atoms with E-state index in [1.807, 2.05) is 0 Å². The molecule has 13 atom stereocenters.